The van der Waals surface area contributed by atoms with Crippen LogP contribution < -0.4 is 0 Å². The molecule has 0 amide bonds. The largest absolute Gasteiger partial charge is 0.300 e. The molecule has 0 spiro atoms. The Morgan fingerprint density at radius 3 is 2.53 bits per heavy atom. The van der Waals surface area contributed by atoms with Gasteiger partial charge < -0.3 is 0 Å². The van der Waals surface area contributed by atoms with Crippen molar-refractivity contribution in [2.24, 2.45) is 0 Å². The van der Waals surface area contributed by atoms with Gasteiger partial charge in [-0.1, -0.05) is 11.6 Å². The smallest absolute Gasteiger partial charge is 0.0634 e. The molecule has 0 unspecified atom stereocenters. The van der Waals surface area contributed by atoms with Crippen LogP contribution in [0.25, 0.3) is 0 Å². The van der Waals surface area contributed by atoms with E-state index in [1.54, 1.807) is 12.4 Å². The molecule has 0 aromatic carbocycles. The number of rotatable bonds is 4. The molecule has 94 valence electrons. The van der Waals surface area contributed by atoms with Gasteiger partial charge >= 0.3 is 0 Å². The van der Waals surface area contributed by atoms with E-state index in [0.29, 0.717) is 0 Å². The van der Waals surface area contributed by atoms with Crippen molar-refractivity contribution in [1.29, 1.82) is 0 Å². The third-order valence-electron chi connectivity index (χ3n) is 3.12. The lowest BCUT2D eigenvalue weighted by molar-refractivity contribution is 0.132. The number of hydrogen-bond donors (Lipinski definition) is 0. The van der Waals surface area contributed by atoms with Gasteiger partial charge in [0.2, 0.25) is 0 Å². The Labute approximate surface area is 112 Å². The van der Waals surface area contributed by atoms with E-state index in [0.717, 1.165) is 55.7 Å². The van der Waals surface area contributed by atoms with Gasteiger partial charge in [-0.2, -0.15) is 0 Å². The first kappa shape index (κ1) is 13.1. The van der Waals surface area contributed by atoms with Crippen LogP contribution in [0.3, 0.4) is 0 Å². The van der Waals surface area contributed by atoms with Gasteiger partial charge in [0, 0.05) is 57.5 Å². The molecule has 1 aromatic heterocycles. The predicted octanol–water partition coefficient (Wildman–Crippen LogP) is 2.09. The van der Waals surface area contributed by atoms with E-state index >= 15 is 0 Å². The molecule has 5 heteroatoms. The summed E-state index contributed by atoms with van der Waals surface area (Å²) in [5, 5.41) is 0.760. The van der Waals surface area contributed by atoms with Crippen LogP contribution in [0.2, 0.25) is 5.02 Å². The van der Waals surface area contributed by atoms with Crippen LogP contribution in [0.1, 0.15) is 5.56 Å². The lowest BCUT2D eigenvalue weighted by Gasteiger charge is -2.34. The minimum Gasteiger partial charge on any atom is -0.300 e. The van der Waals surface area contributed by atoms with E-state index in [2.05, 4.69) is 14.8 Å². The Morgan fingerprint density at radius 2 is 1.88 bits per heavy atom. The molecule has 1 aliphatic heterocycles. The number of alkyl halides is 1. The average molecular weight is 274 g/mol. The molecule has 2 rings (SSSR count). The fraction of sp³-hybridized carbons (Fsp3) is 0.583. The van der Waals surface area contributed by atoms with Crippen molar-refractivity contribution < 1.29 is 0 Å². The third kappa shape index (κ3) is 3.81. The van der Waals surface area contributed by atoms with Crippen molar-refractivity contribution in [2.75, 3.05) is 38.6 Å². The predicted molar refractivity (Wildman–Crippen MR) is 71.7 cm³/mol. The van der Waals surface area contributed by atoms with Crippen LogP contribution in [0.15, 0.2) is 18.5 Å². The zero-order chi connectivity index (χ0) is 12.1. The van der Waals surface area contributed by atoms with E-state index in [4.69, 9.17) is 23.2 Å². The Hall–Kier alpha value is -0.350. The summed E-state index contributed by atoms with van der Waals surface area (Å²) in [5.74, 6) is 0.718. The summed E-state index contributed by atoms with van der Waals surface area (Å²) in [5.41, 5.74) is 1.16. The molecule has 1 fully saturated rings. The molecule has 0 radical (unpaired) electrons. The van der Waals surface area contributed by atoms with E-state index in [-0.39, 0.29) is 0 Å². The second kappa shape index (κ2) is 6.55. The second-order valence-electron chi connectivity index (χ2n) is 4.27. The lowest BCUT2D eigenvalue weighted by atomic mass is 10.2. The molecule has 0 aliphatic carbocycles. The number of nitrogens with zero attached hydrogens (tertiary/aromatic N) is 3. The third-order valence-corrected chi connectivity index (χ3v) is 3.63. The van der Waals surface area contributed by atoms with Crippen LogP contribution in [0.4, 0.5) is 0 Å². The summed E-state index contributed by atoms with van der Waals surface area (Å²) in [4.78, 5) is 8.82. The Kier molecular flexibility index (Phi) is 5.04. The second-order valence-corrected chi connectivity index (χ2v) is 5.06. The number of hydrogen-bond acceptors (Lipinski definition) is 3. The van der Waals surface area contributed by atoms with Crippen LogP contribution >= 0.6 is 23.2 Å². The summed E-state index contributed by atoms with van der Waals surface area (Å²) in [6.07, 6.45) is 3.51. The zero-order valence-corrected chi connectivity index (χ0v) is 11.3. The Bertz CT molecular complexity index is 351. The summed E-state index contributed by atoms with van der Waals surface area (Å²) < 4.78 is 0. The molecule has 0 N–H and O–H groups in total. The minimum absolute atomic E-state index is 0.718. The number of halogens is 2. The van der Waals surface area contributed by atoms with E-state index in [1.807, 2.05) is 6.07 Å². The first-order valence-electron chi connectivity index (χ1n) is 5.88. The fourth-order valence-electron chi connectivity index (χ4n) is 2.06. The first-order valence-corrected chi connectivity index (χ1v) is 6.80. The average Bonchev–Trinajstić information content (AvgIpc) is 2.35. The quantitative estimate of drug-likeness (QED) is 0.784. The molecule has 0 bridgehead atoms. The lowest BCUT2D eigenvalue weighted by Crippen LogP contribution is -2.46. The highest BCUT2D eigenvalue weighted by molar-refractivity contribution is 6.31. The molecule has 1 aromatic rings. The molecular formula is C12H17Cl2N3. The van der Waals surface area contributed by atoms with E-state index in [9.17, 15) is 0 Å². The van der Waals surface area contributed by atoms with Gasteiger partial charge in [0.15, 0.2) is 0 Å². The van der Waals surface area contributed by atoms with Crippen LogP contribution in [-0.2, 0) is 6.54 Å². The number of aromatic nitrogens is 1. The highest BCUT2D eigenvalue weighted by atomic mass is 35.5. The van der Waals surface area contributed by atoms with Gasteiger partial charge in [-0.05, 0) is 11.6 Å². The van der Waals surface area contributed by atoms with Crippen LogP contribution in [-0.4, -0.2) is 53.4 Å². The normalized spacial score (nSPS) is 18.5. The molecule has 0 saturated carbocycles. The highest BCUT2D eigenvalue weighted by Gasteiger charge is 2.16. The number of pyridine rings is 1. The van der Waals surface area contributed by atoms with E-state index in [1.165, 1.54) is 0 Å². The molecule has 17 heavy (non-hydrogen) atoms. The minimum atomic E-state index is 0.718. The van der Waals surface area contributed by atoms with Crippen molar-refractivity contribution in [1.82, 2.24) is 14.8 Å². The van der Waals surface area contributed by atoms with E-state index < -0.39 is 0 Å². The summed E-state index contributed by atoms with van der Waals surface area (Å²) in [6.45, 7) is 6.25. The van der Waals surface area contributed by atoms with Crippen molar-refractivity contribution in [3.05, 3.63) is 29.0 Å². The SMILES string of the molecule is ClCCN1CCN(Cc2ccncc2Cl)CC1. The van der Waals surface area contributed by atoms with Gasteiger partial charge in [-0.15, -0.1) is 11.6 Å². The first-order chi connectivity index (χ1) is 8.29. The van der Waals surface area contributed by atoms with Crippen LogP contribution in [0, 0.1) is 0 Å². The summed E-state index contributed by atoms with van der Waals surface area (Å²) in [7, 11) is 0. The van der Waals surface area contributed by atoms with Crippen molar-refractivity contribution in [3.8, 4) is 0 Å². The molecule has 2 heterocycles. The molecule has 0 atom stereocenters. The maximum absolute atomic E-state index is 6.10. The number of piperazine rings is 1. The summed E-state index contributed by atoms with van der Waals surface area (Å²) in [6, 6.07) is 1.99. The Balaban J connectivity index is 1.84. The molecular weight excluding hydrogens is 257 g/mol. The zero-order valence-electron chi connectivity index (χ0n) is 9.78. The van der Waals surface area contributed by atoms with Gasteiger partial charge in [-0.25, -0.2) is 0 Å². The standard InChI is InChI=1S/C12H17Cl2N3/c13-2-4-16-5-7-17(8-6-16)10-11-1-3-15-9-12(11)14/h1,3,9H,2,4-8,10H2. The maximum Gasteiger partial charge on any atom is 0.0634 e. The van der Waals surface area contributed by atoms with Crippen LogP contribution in [0.5, 0.6) is 0 Å². The molecule has 3 nitrogen and oxygen atoms in total. The van der Waals surface area contributed by atoms with Gasteiger partial charge in [0.05, 0.1) is 5.02 Å². The molecule has 1 aliphatic rings. The van der Waals surface area contributed by atoms with Crippen molar-refractivity contribution in [2.45, 2.75) is 6.54 Å². The van der Waals surface area contributed by atoms with Gasteiger partial charge in [0.25, 0.3) is 0 Å². The Morgan fingerprint density at radius 1 is 1.18 bits per heavy atom. The van der Waals surface area contributed by atoms with Gasteiger partial charge in [-0.3, -0.25) is 14.8 Å². The topological polar surface area (TPSA) is 19.4 Å². The monoisotopic (exact) mass is 273 g/mol. The maximum atomic E-state index is 6.10. The summed E-state index contributed by atoms with van der Waals surface area (Å²) >= 11 is 11.8. The molecule has 1 saturated heterocycles. The highest BCUT2D eigenvalue weighted by Crippen LogP contribution is 2.16. The fourth-order valence-corrected chi connectivity index (χ4v) is 2.48. The van der Waals surface area contributed by atoms with Gasteiger partial charge in [0.1, 0.15) is 0 Å². The van der Waals surface area contributed by atoms with Crippen molar-refractivity contribution >= 4 is 23.2 Å². The van der Waals surface area contributed by atoms with Crippen molar-refractivity contribution in [3.63, 3.8) is 0 Å².